The van der Waals surface area contributed by atoms with Crippen molar-refractivity contribution in [2.24, 2.45) is 5.73 Å². The van der Waals surface area contributed by atoms with Crippen LogP contribution in [0, 0.1) is 10.1 Å². The Hall–Kier alpha value is -2.35. The number of nitro benzene ring substituents is 1. The number of ether oxygens (including phenoxy) is 2. The van der Waals surface area contributed by atoms with Gasteiger partial charge in [0.2, 0.25) is 5.91 Å². The second-order valence-corrected chi connectivity index (χ2v) is 4.53. The van der Waals surface area contributed by atoms with E-state index in [2.05, 4.69) is 0 Å². The summed E-state index contributed by atoms with van der Waals surface area (Å²) in [4.78, 5) is 23.7. The number of amides is 1. The summed E-state index contributed by atoms with van der Waals surface area (Å²) in [5, 5.41) is 11.0. The topological polar surface area (TPSA) is 108 Å². The van der Waals surface area contributed by atoms with Crippen LogP contribution in [-0.4, -0.2) is 43.2 Å². The highest BCUT2D eigenvalue weighted by Crippen LogP contribution is 2.32. The Balaban J connectivity index is 2.36. The van der Waals surface area contributed by atoms with E-state index in [1.54, 1.807) is 24.0 Å². The number of anilines is 1. The molecule has 0 aliphatic carbocycles. The number of hydrogen-bond acceptors (Lipinski definition) is 6. The fraction of sp³-hybridized carbons (Fsp3) is 0.462. The van der Waals surface area contributed by atoms with Gasteiger partial charge in [-0.25, -0.2) is 0 Å². The van der Waals surface area contributed by atoms with Gasteiger partial charge in [0.05, 0.1) is 24.7 Å². The molecule has 1 aliphatic rings. The summed E-state index contributed by atoms with van der Waals surface area (Å²) < 4.78 is 10.6. The van der Waals surface area contributed by atoms with Crippen LogP contribution in [-0.2, 0) is 9.53 Å². The normalized spacial score (nSPS) is 18.3. The maximum Gasteiger partial charge on any atom is 0.311 e. The first-order valence-electron chi connectivity index (χ1n) is 6.59. The van der Waals surface area contributed by atoms with Crippen molar-refractivity contribution in [3.05, 3.63) is 28.3 Å². The lowest BCUT2D eigenvalue weighted by Crippen LogP contribution is -2.52. The van der Waals surface area contributed by atoms with Crippen molar-refractivity contribution in [2.75, 3.05) is 31.3 Å². The maximum absolute atomic E-state index is 11.5. The molecule has 0 aromatic heterocycles. The van der Waals surface area contributed by atoms with Crippen LogP contribution in [0.4, 0.5) is 11.4 Å². The van der Waals surface area contributed by atoms with Crippen LogP contribution in [0.5, 0.6) is 5.75 Å². The van der Waals surface area contributed by atoms with Gasteiger partial charge in [0.15, 0.2) is 5.75 Å². The number of carbonyl (C=O) groups excluding carboxylic acids is 1. The number of benzene rings is 1. The second kappa shape index (κ2) is 6.40. The van der Waals surface area contributed by atoms with Crippen LogP contribution >= 0.6 is 0 Å². The molecule has 0 radical (unpaired) electrons. The molecule has 21 heavy (non-hydrogen) atoms. The Bertz CT molecular complexity index is 549. The maximum atomic E-state index is 11.5. The number of carbonyl (C=O) groups is 1. The standard InChI is InChI=1S/C13H17N3O5/c1-2-21-12-7-9(3-4-10(12)16(18)19)15-5-6-20-8-11(15)13(14)17/h3-4,7,11H,2,5-6,8H2,1H3,(H2,14,17). The molecule has 8 nitrogen and oxygen atoms in total. The van der Waals surface area contributed by atoms with Gasteiger partial charge < -0.3 is 20.1 Å². The largest absolute Gasteiger partial charge is 0.487 e. The van der Waals surface area contributed by atoms with Gasteiger partial charge in [0.25, 0.3) is 0 Å². The van der Waals surface area contributed by atoms with Gasteiger partial charge in [-0.2, -0.15) is 0 Å². The minimum atomic E-state index is -0.588. The van der Waals surface area contributed by atoms with Gasteiger partial charge >= 0.3 is 5.69 Å². The first-order chi connectivity index (χ1) is 10.0. The average Bonchev–Trinajstić information content (AvgIpc) is 2.47. The third-order valence-electron chi connectivity index (χ3n) is 3.23. The molecule has 2 rings (SSSR count). The molecule has 0 saturated carbocycles. The molecule has 0 bridgehead atoms. The molecule has 1 fully saturated rings. The van der Waals surface area contributed by atoms with E-state index in [1.165, 1.54) is 6.07 Å². The van der Waals surface area contributed by atoms with E-state index in [0.717, 1.165) is 0 Å². The predicted molar refractivity (Wildman–Crippen MR) is 75.4 cm³/mol. The second-order valence-electron chi connectivity index (χ2n) is 4.53. The van der Waals surface area contributed by atoms with E-state index in [1.807, 2.05) is 0 Å². The van der Waals surface area contributed by atoms with Crippen LogP contribution in [0.3, 0.4) is 0 Å². The monoisotopic (exact) mass is 295 g/mol. The van der Waals surface area contributed by atoms with Crippen LogP contribution in [0.1, 0.15) is 6.92 Å². The van der Waals surface area contributed by atoms with Gasteiger partial charge in [-0.3, -0.25) is 14.9 Å². The summed E-state index contributed by atoms with van der Waals surface area (Å²) in [5.41, 5.74) is 5.91. The van der Waals surface area contributed by atoms with Gasteiger partial charge in [-0.1, -0.05) is 0 Å². The van der Waals surface area contributed by atoms with Crippen molar-refractivity contribution in [1.82, 2.24) is 0 Å². The third-order valence-corrected chi connectivity index (χ3v) is 3.23. The van der Waals surface area contributed by atoms with Gasteiger partial charge in [-0.05, 0) is 13.0 Å². The molecule has 1 aromatic carbocycles. The lowest BCUT2D eigenvalue weighted by Gasteiger charge is -2.35. The molecular weight excluding hydrogens is 278 g/mol. The predicted octanol–water partition coefficient (Wildman–Crippen LogP) is 0.684. The molecule has 1 aromatic rings. The van der Waals surface area contributed by atoms with Gasteiger partial charge in [0, 0.05) is 24.4 Å². The molecule has 1 saturated heterocycles. The summed E-state index contributed by atoms with van der Waals surface area (Å²) in [7, 11) is 0. The fourth-order valence-electron chi connectivity index (χ4n) is 2.25. The molecule has 1 amide bonds. The number of primary amides is 1. The molecule has 114 valence electrons. The zero-order valence-corrected chi connectivity index (χ0v) is 11.7. The van der Waals surface area contributed by atoms with Gasteiger partial charge in [0.1, 0.15) is 6.04 Å². The Kier molecular flexibility index (Phi) is 4.59. The van der Waals surface area contributed by atoms with Crippen LogP contribution in [0.2, 0.25) is 0 Å². The lowest BCUT2D eigenvalue weighted by molar-refractivity contribution is -0.385. The first-order valence-corrected chi connectivity index (χ1v) is 6.59. The molecule has 8 heteroatoms. The number of hydrogen-bond donors (Lipinski definition) is 1. The Labute approximate surface area is 121 Å². The van der Waals surface area contributed by atoms with E-state index >= 15 is 0 Å². The van der Waals surface area contributed by atoms with Crippen molar-refractivity contribution in [1.29, 1.82) is 0 Å². The van der Waals surface area contributed by atoms with E-state index in [-0.39, 0.29) is 18.0 Å². The molecule has 1 aliphatic heterocycles. The molecule has 1 unspecified atom stereocenters. The van der Waals surface area contributed by atoms with Crippen molar-refractivity contribution >= 4 is 17.3 Å². The molecule has 1 heterocycles. The third kappa shape index (κ3) is 3.22. The van der Waals surface area contributed by atoms with Crippen molar-refractivity contribution in [3.8, 4) is 5.75 Å². The summed E-state index contributed by atoms with van der Waals surface area (Å²) in [6.07, 6.45) is 0. The Morgan fingerprint density at radius 2 is 2.38 bits per heavy atom. The zero-order valence-electron chi connectivity index (χ0n) is 11.7. The highest BCUT2D eigenvalue weighted by molar-refractivity contribution is 5.84. The summed E-state index contributed by atoms with van der Waals surface area (Å²) in [6, 6.07) is 3.92. The number of morpholine rings is 1. The van der Waals surface area contributed by atoms with Crippen LogP contribution in [0.15, 0.2) is 18.2 Å². The van der Waals surface area contributed by atoms with Crippen molar-refractivity contribution in [3.63, 3.8) is 0 Å². The highest BCUT2D eigenvalue weighted by atomic mass is 16.6. The lowest BCUT2D eigenvalue weighted by atomic mass is 10.1. The fourth-order valence-corrected chi connectivity index (χ4v) is 2.25. The van der Waals surface area contributed by atoms with E-state index in [0.29, 0.717) is 25.4 Å². The first kappa shape index (κ1) is 15.0. The van der Waals surface area contributed by atoms with Crippen LogP contribution in [0.25, 0.3) is 0 Å². The van der Waals surface area contributed by atoms with E-state index in [9.17, 15) is 14.9 Å². The minimum absolute atomic E-state index is 0.107. The molecule has 1 atom stereocenters. The average molecular weight is 295 g/mol. The number of nitro groups is 1. The summed E-state index contributed by atoms with van der Waals surface area (Å²) >= 11 is 0. The number of nitrogens with zero attached hydrogens (tertiary/aromatic N) is 2. The van der Waals surface area contributed by atoms with Crippen LogP contribution < -0.4 is 15.4 Å². The van der Waals surface area contributed by atoms with E-state index in [4.69, 9.17) is 15.2 Å². The smallest absolute Gasteiger partial charge is 0.311 e. The van der Waals surface area contributed by atoms with Crippen molar-refractivity contribution < 1.29 is 19.2 Å². The van der Waals surface area contributed by atoms with Gasteiger partial charge in [-0.15, -0.1) is 0 Å². The SMILES string of the molecule is CCOc1cc(N2CCOCC2C(N)=O)ccc1[N+](=O)[O-]. The van der Waals surface area contributed by atoms with E-state index < -0.39 is 16.9 Å². The minimum Gasteiger partial charge on any atom is -0.487 e. The summed E-state index contributed by atoms with van der Waals surface area (Å²) in [6.45, 7) is 3.21. The molecule has 0 spiro atoms. The Morgan fingerprint density at radius 3 is 3.00 bits per heavy atom. The number of nitrogens with two attached hydrogens (primary N) is 1. The Morgan fingerprint density at radius 1 is 1.62 bits per heavy atom. The highest BCUT2D eigenvalue weighted by Gasteiger charge is 2.29. The molecule has 2 N–H and O–H groups in total. The molecular formula is C13H17N3O5. The number of rotatable bonds is 5. The zero-order chi connectivity index (χ0) is 15.4. The van der Waals surface area contributed by atoms with Crippen molar-refractivity contribution in [2.45, 2.75) is 13.0 Å². The summed E-state index contributed by atoms with van der Waals surface area (Å²) in [5.74, 6) is -0.319. The quantitative estimate of drug-likeness (QED) is 0.632.